The Balaban J connectivity index is 1.87. The summed E-state index contributed by atoms with van der Waals surface area (Å²) in [4.78, 5) is 13.0. The number of non-ortho nitro benzene ring substituents is 1. The molecule has 130 valence electrons. The molecule has 24 heavy (non-hydrogen) atoms. The van der Waals surface area contributed by atoms with Crippen molar-refractivity contribution in [1.29, 1.82) is 5.41 Å². The minimum absolute atomic E-state index is 0.0736. The number of nitrogens with zero attached hydrogens (tertiary/aromatic N) is 2. The predicted molar refractivity (Wildman–Crippen MR) is 95.5 cm³/mol. The van der Waals surface area contributed by atoms with Gasteiger partial charge >= 0.3 is 0 Å². The first-order chi connectivity index (χ1) is 11.7. The zero-order valence-electron chi connectivity index (χ0n) is 14.2. The number of nitro benzene ring substituents is 1. The number of rotatable bonds is 4. The summed E-state index contributed by atoms with van der Waals surface area (Å²) in [5, 5.41) is 19.9. The summed E-state index contributed by atoms with van der Waals surface area (Å²) in [7, 11) is 0. The minimum atomic E-state index is -0.373. The van der Waals surface area contributed by atoms with Gasteiger partial charge in [0.25, 0.3) is 5.69 Å². The molecule has 1 aromatic rings. The molecule has 0 atom stereocenters. The van der Waals surface area contributed by atoms with Crippen molar-refractivity contribution in [3.05, 3.63) is 39.9 Å². The Hall–Kier alpha value is -1.91. The molecular weight excluding hydrogens is 302 g/mol. The minimum Gasteiger partial charge on any atom is -0.351 e. The molecule has 5 nitrogen and oxygen atoms in total. The fourth-order valence-electron chi connectivity index (χ4n) is 4.30. The van der Waals surface area contributed by atoms with Gasteiger partial charge in [-0.2, -0.15) is 0 Å². The molecule has 0 spiro atoms. The zero-order valence-corrected chi connectivity index (χ0v) is 14.2. The molecule has 0 saturated heterocycles. The van der Waals surface area contributed by atoms with Crippen molar-refractivity contribution in [2.75, 3.05) is 0 Å². The van der Waals surface area contributed by atoms with E-state index < -0.39 is 0 Å². The van der Waals surface area contributed by atoms with Gasteiger partial charge in [-0.15, -0.1) is 0 Å². The lowest BCUT2D eigenvalue weighted by Gasteiger charge is -2.43. The molecule has 0 radical (unpaired) electrons. The Kier molecular flexibility index (Phi) is 5.48. The second-order valence-electron chi connectivity index (χ2n) is 7.15. The molecule has 2 aliphatic carbocycles. The summed E-state index contributed by atoms with van der Waals surface area (Å²) in [5.41, 5.74) is 0.754. The SMILES string of the molecule is N=C(c1cccc([N+](=O)[O-])c1)N(C1CCCCC1)C1CCCCC1. The van der Waals surface area contributed by atoms with Gasteiger partial charge in [0, 0.05) is 29.8 Å². The lowest BCUT2D eigenvalue weighted by atomic mass is 9.88. The highest BCUT2D eigenvalue weighted by atomic mass is 16.6. The molecule has 2 aliphatic rings. The molecule has 1 N–H and O–H groups in total. The molecule has 1 aromatic carbocycles. The lowest BCUT2D eigenvalue weighted by Crippen LogP contribution is -2.48. The van der Waals surface area contributed by atoms with Crippen molar-refractivity contribution < 1.29 is 4.92 Å². The Morgan fingerprint density at radius 3 is 2.04 bits per heavy atom. The normalized spacial score (nSPS) is 19.8. The number of benzene rings is 1. The number of hydrogen-bond donors (Lipinski definition) is 1. The largest absolute Gasteiger partial charge is 0.351 e. The van der Waals surface area contributed by atoms with Gasteiger partial charge in [0.2, 0.25) is 0 Å². The van der Waals surface area contributed by atoms with Crippen molar-refractivity contribution in [2.45, 2.75) is 76.3 Å². The van der Waals surface area contributed by atoms with Gasteiger partial charge in [0.05, 0.1) is 4.92 Å². The van der Waals surface area contributed by atoms with E-state index in [0.29, 0.717) is 23.5 Å². The van der Waals surface area contributed by atoms with Crippen LogP contribution >= 0.6 is 0 Å². The molecular formula is C19H27N3O2. The van der Waals surface area contributed by atoms with Crippen LogP contribution in [0.3, 0.4) is 0 Å². The van der Waals surface area contributed by atoms with E-state index in [1.54, 1.807) is 12.1 Å². The maximum absolute atomic E-state index is 11.1. The zero-order chi connectivity index (χ0) is 16.9. The van der Waals surface area contributed by atoms with Crippen molar-refractivity contribution in [3.63, 3.8) is 0 Å². The van der Waals surface area contributed by atoms with E-state index in [1.165, 1.54) is 44.6 Å². The van der Waals surface area contributed by atoms with Gasteiger partial charge in [0.1, 0.15) is 5.84 Å². The highest BCUT2D eigenvalue weighted by Gasteiger charge is 2.31. The van der Waals surface area contributed by atoms with Crippen LogP contribution in [-0.4, -0.2) is 27.7 Å². The van der Waals surface area contributed by atoms with Crippen LogP contribution in [0.1, 0.15) is 69.8 Å². The molecule has 3 rings (SSSR count). The van der Waals surface area contributed by atoms with Gasteiger partial charge < -0.3 is 4.90 Å². The third-order valence-electron chi connectivity index (χ3n) is 5.52. The third-order valence-corrected chi connectivity index (χ3v) is 5.52. The average Bonchev–Trinajstić information content (AvgIpc) is 2.64. The van der Waals surface area contributed by atoms with Crippen LogP contribution in [0.2, 0.25) is 0 Å². The summed E-state index contributed by atoms with van der Waals surface area (Å²) in [5.74, 6) is 0.484. The second kappa shape index (κ2) is 7.77. The van der Waals surface area contributed by atoms with E-state index in [0.717, 1.165) is 25.7 Å². The monoisotopic (exact) mass is 329 g/mol. The molecule has 0 unspecified atom stereocenters. The highest BCUT2D eigenvalue weighted by Crippen LogP contribution is 2.31. The van der Waals surface area contributed by atoms with Crippen molar-refractivity contribution in [1.82, 2.24) is 4.90 Å². The maximum Gasteiger partial charge on any atom is 0.270 e. The summed E-state index contributed by atoms with van der Waals surface area (Å²) < 4.78 is 0. The predicted octanol–water partition coefficient (Wildman–Crippen LogP) is 4.89. The molecule has 0 heterocycles. The molecule has 5 heteroatoms. The Bertz CT molecular complexity index is 572. The Labute approximate surface area is 143 Å². The fraction of sp³-hybridized carbons (Fsp3) is 0.632. The van der Waals surface area contributed by atoms with Gasteiger partial charge in [-0.1, -0.05) is 50.7 Å². The van der Waals surface area contributed by atoms with Crippen molar-refractivity contribution >= 4 is 11.5 Å². The molecule has 0 aliphatic heterocycles. The second-order valence-corrected chi connectivity index (χ2v) is 7.15. The third kappa shape index (κ3) is 3.77. The molecule has 0 amide bonds. The molecule has 0 aromatic heterocycles. The van der Waals surface area contributed by atoms with Gasteiger partial charge in [-0.3, -0.25) is 15.5 Å². The first-order valence-corrected chi connectivity index (χ1v) is 9.28. The van der Waals surface area contributed by atoms with Crippen LogP contribution in [-0.2, 0) is 0 Å². The van der Waals surface area contributed by atoms with E-state index in [4.69, 9.17) is 5.41 Å². The summed E-state index contributed by atoms with van der Waals surface area (Å²) >= 11 is 0. The van der Waals surface area contributed by atoms with E-state index in [-0.39, 0.29) is 10.6 Å². The molecule has 0 bridgehead atoms. The van der Waals surface area contributed by atoms with Gasteiger partial charge in [-0.25, -0.2) is 0 Å². The van der Waals surface area contributed by atoms with Crippen LogP contribution in [0.5, 0.6) is 0 Å². The summed E-state index contributed by atoms with van der Waals surface area (Å²) in [6.45, 7) is 0. The van der Waals surface area contributed by atoms with Gasteiger partial charge in [0.15, 0.2) is 0 Å². The van der Waals surface area contributed by atoms with E-state index in [9.17, 15) is 10.1 Å². The van der Waals surface area contributed by atoms with Crippen LogP contribution in [0, 0.1) is 15.5 Å². The Morgan fingerprint density at radius 1 is 1.00 bits per heavy atom. The first kappa shape index (κ1) is 16.9. The number of hydrogen-bond acceptors (Lipinski definition) is 3. The summed E-state index contributed by atoms with van der Waals surface area (Å²) in [6.07, 6.45) is 12.1. The van der Waals surface area contributed by atoms with Crippen LogP contribution in [0.4, 0.5) is 5.69 Å². The topological polar surface area (TPSA) is 70.2 Å². The summed E-state index contributed by atoms with van der Waals surface area (Å²) in [6, 6.07) is 7.45. The molecule has 2 saturated carbocycles. The van der Waals surface area contributed by atoms with E-state index in [2.05, 4.69) is 4.90 Å². The quantitative estimate of drug-likeness (QED) is 0.370. The molecule has 2 fully saturated rings. The maximum atomic E-state index is 11.1. The van der Waals surface area contributed by atoms with Gasteiger partial charge in [-0.05, 0) is 25.7 Å². The highest BCUT2D eigenvalue weighted by molar-refractivity contribution is 5.97. The first-order valence-electron chi connectivity index (χ1n) is 9.28. The van der Waals surface area contributed by atoms with Crippen molar-refractivity contribution in [3.8, 4) is 0 Å². The Morgan fingerprint density at radius 2 is 1.54 bits per heavy atom. The number of amidine groups is 1. The van der Waals surface area contributed by atoms with Crippen LogP contribution < -0.4 is 0 Å². The standard InChI is InChI=1S/C19H27N3O2/c20-19(15-8-7-13-18(14-15)22(23)24)21(16-9-3-1-4-10-16)17-11-5-2-6-12-17/h7-8,13-14,16-17,20H,1-6,9-12H2. The lowest BCUT2D eigenvalue weighted by molar-refractivity contribution is -0.384. The van der Waals surface area contributed by atoms with Crippen LogP contribution in [0.25, 0.3) is 0 Å². The fourth-order valence-corrected chi connectivity index (χ4v) is 4.30. The number of nitro groups is 1. The van der Waals surface area contributed by atoms with E-state index in [1.807, 2.05) is 6.07 Å². The average molecular weight is 329 g/mol. The number of nitrogens with one attached hydrogen (secondary N) is 1. The smallest absolute Gasteiger partial charge is 0.270 e. The van der Waals surface area contributed by atoms with Crippen molar-refractivity contribution in [2.24, 2.45) is 0 Å². The van der Waals surface area contributed by atoms with E-state index >= 15 is 0 Å². The van der Waals surface area contributed by atoms with Crippen LogP contribution in [0.15, 0.2) is 24.3 Å².